The molecule has 0 aliphatic heterocycles. The number of halogens is 2. The van der Waals surface area contributed by atoms with Gasteiger partial charge >= 0.3 is 0 Å². The zero-order chi connectivity index (χ0) is 23.4. The number of benzene rings is 1. The van der Waals surface area contributed by atoms with Crippen molar-refractivity contribution in [3.63, 3.8) is 0 Å². The normalized spacial score (nSPS) is 22.3. The van der Waals surface area contributed by atoms with Crippen LogP contribution < -0.4 is 5.32 Å². The van der Waals surface area contributed by atoms with E-state index in [2.05, 4.69) is 29.4 Å². The molecule has 0 saturated heterocycles. The topological polar surface area (TPSA) is 88.0 Å². The highest BCUT2D eigenvalue weighted by Crippen LogP contribution is 2.69. The predicted molar refractivity (Wildman–Crippen MR) is 118 cm³/mol. The monoisotopic (exact) mass is 450 g/mol. The van der Waals surface area contributed by atoms with Crippen molar-refractivity contribution >= 4 is 5.91 Å². The molecule has 8 heteroatoms. The van der Waals surface area contributed by atoms with Crippen LogP contribution in [0, 0.1) is 17.0 Å². The van der Waals surface area contributed by atoms with Crippen LogP contribution in [0.5, 0.6) is 0 Å². The summed E-state index contributed by atoms with van der Waals surface area (Å²) < 4.78 is 28.8. The summed E-state index contributed by atoms with van der Waals surface area (Å²) in [6, 6.07) is 10.8. The molecule has 2 aliphatic rings. The highest BCUT2D eigenvalue weighted by Gasteiger charge is 2.65. The van der Waals surface area contributed by atoms with E-state index >= 15 is 0 Å². The van der Waals surface area contributed by atoms with Gasteiger partial charge in [0.2, 0.25) is 0 Å². The van der Waals surface area contributed by atoms with E-state index in [1.54, 1.807) is 18.2 Å². The molecule has 2 aromatic heterocycles. The number of aromatic nitrogens is 3. The number of pyridine rings is 1. The highest BCUT2D eigenvalue weighted by molar-refractivity contribution is 5.92. The molecule has 6 nitrogen and oxygen atoms in total. The Kier molecular flexibility index (Phi) is 5.01. The van der Waals surface area contributed by atoms with Crippen molar-refractivity contribution in [1.29, 1.82) is 0 Å². The number of nitrogens with zero attached hydrogens (tertiary/aromatic N) is 3. The molecule has 0 spiro atoms. The molecule has 1 saturated carbocycles. The van der Waals surface area contributed by atoms with Crippen LogP contribution in [0.25, 0.3) is 11.3 Å². The van der Waals surface area contributed by atoms with E-state index in [-0.39, 0.29) is 47.3 Å². The molecule has 3 aromatic rings. The number of amides is 1. The highest BCUT2D eigenvalue weighted by atomic mass is 19.1. The van der Waals surface area contributed by atoms with Crippen LogP contribution in [0.4, 0.5) is 8.78 Å². The Bertz CT molecular complexity index is 1240. The van der Waals surface area contributed by atoms with Crippen LogP contribution in [-0.2, 0) is 5.41 Å². The molecule has 2 aliphatic carbocycles. The molecule has 33 heavy (non-hydrogen) atoms. The number of carbonyl (C=O) groups excluding carboxylic acids is 1. The summed E-state index contributed by atoms with van der Waals surface area (Å²) in [7, 11) is 0. The van der Waals surface area contributed by atoms with E-state index in [4.69, 9.17) is 10.1 Å². The molecule has 1 aromatic carbocycles. The van der Waals surface area contributed by atoms with Crippen LogP contribution in [0.15, 0.2) is 42.5 Å². The van der Waals surface area contributed by atoms with Gasteiger partial charge in [-0.2, -0.15) is 5.10 Å². The number of hydrogen-bond donors (Lipinski definition) is 2. The second-order valence-corrected chi connectivity index (χ2v) is 9.24. The summed E-state index contributed by atoms with van der Waals surface area (Å²) in [6.07, 6.45) is 1.65. The zero-order valence-electron chi connectivity index (χ0n) is 18.4. The maximum atomic E-state index is 14.4. The Morgan fingerprint density at radius 1 is 1.15 bits per heavy atom. The third kappa shape index (κ3) is 3.00. The van der Waals surface area contributed by atoms with Gasteiger partial charge in [0.1, 0.15) is 17.3 Å². The van der Waals surface area contributed by atoms with E-state index in [1.165, 1.54) is 18.2 Å². The Balaban J connectivity index is 1.63. The number of carbonyl (C=O) groups is 1. The lowest BCUT2D eigenvalue weighted by atomic mass is 9.66. The average Bonchev–Trinajstić information content (AvgIpc) is 3.18. The summed E-state index contributed by atoms with van der Waals surface area (Å²) in [6.45, 7) is 4.29. The van der Waals surface area contributed by atoms with Gasteiger partial charge in [-0.1, -0.05) is 26.0 Å². The molecule has 1 fully saturated rings. The summed E-state index contributed by atoms with van der Waals surface area (Å²) in [5.41, 5.74) is 1.81. The minimum Gasteiger partial charge on any atom is -0.395 e. The third-order valence-electron chi connectivity index (χ3n) is 7.42. The maximum Gasteiger partial charge on any atom is 0.269 e. The number of hydrogen-bond acceptors (Lipinski definition) is 5. The number of aliphatic hydroxyl groups is 1. The summed E-state index contributed by atoms with van der Waals surface area (Å²) in [5, 5.41) is 20.4. The van der Waals surface area contributed by atoms with Gasteiger partial charge in [-0.15, -0.1) is 5.10 Å². The first kappa shape index (κ1) is 21.6. The Labute approximate surface area is 190 Å². The van der Waals surface area contributed by atoms with Gasteiger partial charge in [-0.05, 0) is 60.1 Å². The fourth-order valence-electron chi connectivity index (χ4n) is 5.82. The first-order valence-electron chi connectivity index (χ1n) is 11.0. The molecular formula is C25H24F2N4O2. The third-order valence-corrected chi connectivity index (χ3v) is 7.42. The lowest BCUT2D eigenvalue weighted by Crippen LogP contribution is -2.38. The van der Waals surface area contributed by atoms with Gasteiger partial charge in [0.05, 0.1) is 34.7 Å². The number of rotatable bonds is 5. The van der Waals surface area contributed by atoms with E-state index < -0.39 is 17.0 Å². The Hall–Kier alpha value is -3.26. The first-order valence-corrected chi connectivity index (χ1v) is 11.0. The molecular weight excluding hydrogens is 426 g/mol. The van der Waals surface area contributed by atoms with Crippen molar-refractivity contribution < 1.29 is 18.7 Å². The largest absolute Gasteiger partial charge is 0.395 e. The second-order valence-electron chi connectivity index (χ2n) is 9.24. The zero-order valence-corrected chi connectivity index (χ0v) is 18.4. The van der Waals surface area contributed by atoms with Crippen molar-refractivity contribution in [1.82, 2.24) is 20.5 Å². The molecule has 2 bridgehead atoms. The van der Waals surface area contributed by atoms with E-state index in [1.807, 2.05) is 6.07 Å². The van der Waals surface area contributed by atoms with Crippen LogP contribution >= 0.6 is 0 Å². The van der Waals surface area contributed by atoms with Crippen molar-refractivity contribution in [3.05, 3.63) is 76.7 Å². The van der Waals surface area contributed by atoms with Gasteiger partial charge in [0, 0.05) is 6.54 Å². The fourth-order valence-corrected chi connectivity index (χ4v) is 5.82. The molecule has 5 rings (SSSR count). The lowest BCUT2D eigenvalue weighted by Gasteiger charge is -2.37. The molecule has 170 valence electrons. The van der Waals surface area contributed by atoms with Crippen molar-refractivity contribution in [2.75, 3.05) is 13.2 Å². The minimum absolute atomic E-state index is 0.116. The maximum absolute atomic E-state index is 14.4. The van der Waals surface area contributed by atoms with E-state index in [0.29, 0.717) is 0 Å². The summed E-state index contributed by atoms with van der Waals surface area (Å²) in [5.74, 6) is -1.59. The summed E-state index contributed by atoms with van der Waals surface area (Å²) >= 11 is 0. The van der Waals surface area contributed by atoms with E-state index in [0.717, 1.165) is 29.8 Å². The van der Waals surface area contributed by atoms with Crippen molar-refractivity contribution in [2.45, 2.75) is 38.0 Å². The first-order chi connectivity index (χ1) is 15.8. The summed E-state index contributed by atoms with van der Waals surface area (Å²) in [4.78, 5) is 17.2. The Morgan fingerprint density at radius 2 is 1.88 bits per heavy atom. The fraction of sp³-hybridized carbons (Fsp3) is 0.360. The van der Waals surface area contributed by atoms with Gasteiger partial charge in [0.25, 0.3) is 5.91 Å². The number of fused-ring (bicyclic) bond motifs is 5. The van der Waals surface area contributed by atoms with Crippen LogP contribution in [0.3, 0.4) is 0 Å². The quantitative estimate of drug-likeness (QED) is 0.618. The average molecular weight is 450 g/mol. The van der Waals surface area contributed by atoms with E-state index in [9.17, 15) is 13.6 Å². The predicted octanol–water partition coefficient (Wildman–Crippen LogP) is 3.74. The smallest absolute Gasteiger partial charge is 0.269 e. The SMILES string of the molecule is CC1(C)[C@@H]2CC[C@]1(c1cccc(C(=O)NCCO)n1)c1nnc(-c3c(F)cccc3F)cc12. The Morgan fingerprint density at radius 3 is 2.61 bits per heavy atom. The van der Waals surface area contributed by atoms with Gasteiger partial charge < -0.3 is 10.4 Å². The van der Waals surface area contributed by atoms with Gasteiger partial charge in [-0.3, -0.25) is 4.79 Å². The molecule has 1 amide bonds. The van der Waals surface area contributed by atoms with Gasteiger partial charge in [-0.25, -0.2) is 13.8 Å². The molecule has 0 unspecified atom stereocenters. The molecule has 2 heterocycles. The van der Waals surface area contributed by atoms with Crippen LogP contribution in [-0.4, -0.2) is 39.3 Å². The van der Waals surface area contributed by atoms with Crippen molar-refractivity contribution in [3.8, 4) is 11.3 Å². The molecule has 2 N–H and O–H groups in total. The van der Waals surface area contributed by atoms with Gasteiger partial charge in [0.15, 0.2) is 0 Å². The standard InChI is InChI=1S/C25H24F2N4O2/c1-24(2)15-9-10-25(24,20-8-4-7-18(29-20)23(33)28-11-12-32)22-14(15)13-19(30-31-22)21-16(26)5-3-6-17(21)27/h3-8,13,15,32H,9-12H2,1-2H3,(H,28,33)/t15-,25+/m1/s1. The number of nitrogens with one attached hydrogen (secondary N) is 1. The number of aliphatic hydroxyl groups excluding tert-OH is 1. The lowest BCUT2D eigenvalue weighted by molar-refractivity contribution is 0.0938. The van der Waals surface area contributed by atoms with Crippen LogP contribution in [0.1, 0.15) is 60.0 Å². The van der Waals surface area contributed by atoms with Crippen LogP contribution in [0.2, 0.25) is 0 Å². The van der Waals surface area contributed by atoms with Crippen molar-refractivity contribution in [2.24, 2.45) is 5.41 Å². The minimum atomic E-state index is -0.676. The second kappa shape index (κ2) is 7.66. The molecule has 0 radical (unpaired) electrons. The molecule has 2 atom stereocenters.